The van der Waals surface area contributed by atoms with Crippen LogP contribution in [0, 0.1) is 22.2 Å². The van der Waals surface area contributed by atoms with Gasteiger partial charge in [0, 0.05) is 6.20 Å². The molecule has 0 saturated carbocycles. The van der Waals surface area contributed by atoms with E-state index in [2.05, 4.69) is 44.8 Å². The van der Waals surface area contributed by atoms with E-state index in [1.54, 1.807) is 6.20 Å². The Balaban J connectivity index is 2.29. The van der Waals surface area contributed by atoms with Crippen molar-refractivity contribution in [2.24, 2.45) is 10.8 Å². The van der Waals surface area contributed by atoms with Crippen LogP contribution in [0.4, 0.5) is 0 Å². The zero-order chi connectivity index (χ0) is 12.7. The molecule has 1 saturated heterocycles. The van der Waals surface area contributed by atoms with Crippen LogP contribution in [0.5, 0.6) is 0 Å². The Bertz CT molecular complexity index is 455. The van der Waals surface area contributed by atoms with E-state index in [1.165, 1.54) is 18.1 Å². The quantitative estimate of drug-likeness (QED) is 0.690. The first kappa shape index (κ1) is 12.2. The normalized spacial score (nSPS) is 21.2. The van der Waals surface area contributed by atoms with Crippen LogP contribution < -0.4 is 5.46 Å². The molecule has 0 N–H and O–H groups in total. The molecular weight excluding hydrogens is 207 g/mol. The number of rotatable bonds is 1. The van der Waals surface area contributed by atoms with E-state index >= 15 is 0 Å². The third-order valence-corrected chi connectivity index (χ3v) is 4.72. The van der Waals surface area contributed by atoms with E-state index in [4.69, 9.17) is 5.26 Å². The van der Waals surface area contributed by atoms with Gasteiger partial charge >= 0.3 is 0 Å². The van der Waals surface area contributed by atoms with Crippen LogP contribution in [0.25, 0.3) is 0 Å². The van der Waals surface area contributed by atoms with Crippen molar-refractivity contribution in [1.29, 1.82) is 5.26 Å². The number of nitriles is 1. The molecule has 17 heavy (non-hydrogen) atoms. The summed E-state index contributed by atoms with van der Waals surface area (Å²) in [6, 6.07) is 6.13. The van der Waals surface area contributed by atoms with Crippen molar-refractivity contribution in [2.75, 3.05) is 0 Å². The summed E-state index contributed by atoms with van der Waals surface area (Å²) in [5.74, 6) is 0. The van der Waals surface area contributed by atoms with E-state index in [9.17, 15) is 0 Å². The predicted octanol–water partition coefficient (Wildman–Crippen LogP) is 2.72. The standard InChI is InChI=1S/C14H19BN2/c1-13(2)9-15(10-14(13,3)4)11-5-6-17-12(7-11)8-16/h5-7H,9-10H2,1-4H3. The van der Waals surface area contributed by atoms with Gasteiger partial charge in [0.25, 0.3) is 0 Å². The van der Waals surface area contributed by atoms with Gasteiger partial charge in [-0.1, -0.05) is 45.8 Å². The lowest BCUT2D eigenvalue weighted by atomic mass is 9.42. The topological polar surface area (TPSA) is 36.7 Å². The zero-order valence-corrected chi connectivity index (χ0v) is 11.1. The van der Waals surface area contributed by atoms with Gasteiger partial charge in [-0.15, -0.1) is 0 Å². The van der Waals surface area contributed by atoms with E-state index in [1.807, 2.05) is 6.07 Å². The fraction of sp³-hybridized carbons (Fsp3) is 0.571. The first-order valence-electron chi connectivity index (χ1n) is 6.22. The molecule has 0 radical (unpaired) electrons. The maximum atomic E-state index is 8.90. The fourth-order valence-corrected chi connectivity index (χ4v) is 2.85. The first-order valence-corrected chi connectivity index (χ1v) is 6.22. The molecule has 1 aliphatic rings. The van der Waals surface area contributed by atoms with Crippen LogP contribution in [0.3, 0.4) is 0 Å². The number of hydrogen-bond acceptors (Lipinski definition) is 2. The molecule has 1 aliphatic heterocycles. The Labute approximate surface area is 104 Å². The molecule has 88 valence electrons. The average molecular weight is 226 g/mol. The van der Waals surface area contributed by atoms with E-state index in [0.717, 1.165) is 0 Å². The van der Waals surface area contributed by atoms with Gasteiger partial charge in [0.05, 0.1) is 0 Å². The highest BCUT2D eigenvalue weighted by atomic mass is 14.7. The van der Waals surface area contributed by atoms with Crippen LogP contribution in [-0.4, -0.2) is 11.7 Å². The van der Waals surface area contributed by atoms with Crippen molar-refractivity contribution in [2.45, 2.75) is 40.3 Å². The van der Waals surface area contributed by atoms with E-state index in [-0.39, 0.29) is 0 Å². The van der Waals surface area contributed by atoms with Crippen molar-refractivity contribution in [3.63, 3.8) is 0 Å². The molecule has 0 amide bonds. The molecule has 2 heterocycles. The van der Waals surface area contributed by atoms with Crippen LogP contribution in [0.15, 0.2) is 18.3 Å². The van der Waals surface area contributed by atoms with Gasteiger partial charge in [-0.3, -0.25) is 0 Å². The second-order valence-electron chi connectivity index (χ2n) is 6.46. The third kappa shape index (κ3) is 2.09. The maximum absolute atomic E-state index is 8.90. The molecule has 0 bridgehead atoms. The van der Waals surface area contributed by atoms with Crippen LogP contribution >= 0.6 is 0 Å². The molecule has 1 aromatic rings. The smallest absolute Gasteiger partial charge is 0.177 e. The largest absolute Gasteiger partial charge is 0.246 e. The number of aromatic nitrogens is 1. The Morgan fingerprint density at radius 2 is 1.82 bits per heavy atom. The van der Waals surface area contributed by atoms with Crippen LogP contribution in [0.1, 0.15) is 33.4 Å². The van der Waals surface area contributed by atoms with Crippen molar-refractivity contribution in [1.82, 2.24) is 4.98 Å². The highest BCUT2D eigenvalue weighted by Gasteiger charge is 2.47. The monoisotopic (exact) mass is 226 g/mol. The second kappa shape index (κ2) is 3.87. The second-order valence-corrected chi connectivity index (χ2v) is 6.46. The van der Waals surface area contributed by atoms with Crippen molar-refractivity contribution in [3.05, 3.63) is 24.0 Å². The summed E-state index contributed by atoms with van der Waals surface area (Å²) in [5, 5.41) is 8.90. The summed E-state index contributed by atoms with van der Waals surface area (Å²) in [5.41, 5.74) is 2.52. The SMILES string of the molecule is CC1(C)CB(c2ccnc(C#N)c2)CC1(C)C. The molecule has 3 heteroatoms. The van der Waals surface area contributed by atoms with Crippen LogP contribution in [0.2, 0.25) is 12.6 Å². The fourth-order valence-electron chi connectivity index (χ4n) is 2.85. The minimum Gasteiger partial charge on any atom is -0.246 e. The number of hydrogen-bond donors (Lipinski definition) is 0. The summed E-state index contributed by atoms with van der Waals surface area (Å²) in [6.07, 6.45) is 4.13. The molecule has 1 aromatic heterocycles. The minimum absolute atomic E-state index is 0.355. The van der Waals surface area contributed by atoms with E-state index < -0.39 is 0 Å². The Morgan fingerprint density at radius 1 is 1.24 bits per heavy atom. The summed E-state index contributed by atoms with van der Waals surface area (Å²) in [7, 11) is 0. The van der Waals surface area contributed by atoms with Gasteiger partial charge in [-0.05, 0) is 23.0 Å². The van der Waals surface area contributed by atoms with Crippen molar-refractivity contribution in [3.8, 4) is 6.07 Å². The van der Waals surface area contributed by atoms with Crippen LogP contribution in [-0.2, 0) is 0 Å². The van der Waals surface area contributed by atoms with E-state index in [0.29, 0.717) is 23.2 Å². The van der Waals surface area contributed by atoms with Gasteiger partial charge in [0.1, 0.15) is 11.8 Å². The zero-order valence-electron chi connectivity index (χ0n) is 11.1. The molecule has 0 aliphatic carbocycles. The molecule has 0 aromatic carbocycles. The lowest BCUT2D eigenvalue weighted by molar-refractivity contribution is 0.177. The summed E-state index contributed by atoms with van der Waals surface area (Å²) in [4.78, 5) is 4.04. The first-order chi connectivity index (χ1) is 7.86. The summed E-state index contributed by atoms with van der Waals surface area (Å²) in [6.45, 7) is 9.95. The summed E-state index contributed by atoms with van der Waals surface area (Å²) < 4.78 is 0. The van der Waals surface area contributed by atoms with Gasteiger partial charge in [-0.25, -0.2) is 4.98 Å². The lowest BCUT2D eigenvalue weighted by Gasteiger charge is -2.35. The van der Waals surface area contributed by atoms with Crippen molar-refractivity contribution < 1.29 is 0 Å². The van der Waals surface area contributed by atoms with Gasteiger partial charge in [0.2, 0.25) is 0 Å². The molecule has 1 fully saturated rings. The summed E-state index contributed by atoms with van der Waals surface area (Å²) >= 11 is 0. The van der Waals surface area contributed by atoms with Crippen molar-refractivity contribution >= 4 is 12.2 Å². The number of nitrogens with zero attached hydrogens (tertiary/aromatic N) is 2. The molecule has 0 spiro atoms. The maximum Gasteiger partial charge on any atom is 0.177 e. The molecule has 0 atom stereocenters. The lowest BCUT2D eigenvalue weighted by Crippen LogP contribution is -2.28. The predicted molar refractivity (Wildman–Crippen MR) is 71.5 cm³/mol. The average Bonchev–Trinajstić information content (AvgIpc) is 2.48. The minimum atomic E-state index is 0.355. The number of pyridine rings is 1. The third-order valence-electron chi connectivity index (χ3n) is 4.72. The Morgan fingerprint density at radius 3 is 2.35 bits per heavy atom. The highest BCUT2D eigenvalue weighted by molar-refractivity contribution is 6.74. The van der Waals surface area contributed by atoms with Gasteiger partial charge < -0.3 is 0 Å². The molecular formula is C14H19BN2. The Kier molecular flexibility index (Phi) is 2.77. The molecule has 0 unspecified atom stereocenters. The van der Waals surface area contributed by atoms with Gasteiger partial charge in [0.15, 0.2) is 6.71 Å². The molecule has 2 rings (SSSR count). The molecule has 2 nitrogen and oxygen atoms in total. The van der Waals surface area contributed by atoms with Gasteiger partial charge in [-0.2, -0.15) is 5.26 Å². The highest BCUT2D eigenvalue weighted by Crippen LogP contribution is 2.52. The Hall–Kier alpha value is -1.30.